The van der Waals surface area contributed by atoms with Gasteiger partial charge in [-0.05, 0) is 36.8 Å². The van der Waals surface area contributed by atoms with Gasteiger partial charge in [0.25, 0.3) is 11.8 Å². The van der Waals surface area contributed by atoms with Gasteiger partial charge in [0.15, 0.2) is 27.9 Å². The predicted octanol–water partition coefficient (Wildman–Crippen LogP) is 1.47. The van der Waals surface area contributed by atoms with Crippen LogP contribution >= 0.6 is 0 Å². The number of nitrogens with one attached hydrogen (secondary N) is 2. The van der Waals surface area contributed by atoms with Crippen molar-refractivity contribution < 1.29 is 27.5 Å². The van der Waals surface area contributed by atoms with Crippen molar-refractivity contribution in [3.63, 3.8) is 0 Å². The fourth-order valence-electron chi connectivity index (χ4n) is 2.28. The molecule has 2 aromatic carbocycles. The Bertz CT molecular complexity index is 926. The molecule has 0 radical (unpaired) electrons. The van der Waals surface area contributed by atoms with Gasteiger partial charge in [-0.25, -0.2) is 8.42 Å². The fraction of sp³-hybridized carbons (Fsp3) is 0.263. The average Bonchev–Trinajstić information content (AvgIpc) is 2.65. The summed E-state index contributed by atoms with van der Waals surface area (Å²) in [5, 5.41) is 0. The summed E-state index contributed by atoms with van der Waals surface area (Å²) in [5.41, 5.74) is 5.38. The SMILES string of the molecule is CCOc1ccccc1OCC(=O)NNC(=O)c1ccc(CS(C)(=O)=O)cc1. The zero-order chi connectivity index (χ0) is 20.6. The van der Waals surface area contributed by atoms with Crippen molar-refractivity contribution in [2.45, 2.75) is 12.7 Å². The van der Waals surface area contributed by atoms with Crippen LogP contribution in [0.2, 0.25) is 0 Å². The monoisotopic (exact) mass is 406 g/mol. The highest BCUT2D eigenvalue weighted by Gasteiger charge is 2.11. The van der Waals surface area contributed by atoms with E-state index in [0.717, 1.165) is 6.26 Å². The van der Waals surface area contributed by atoms with Crippen LogP contribution in [0.1, 0.15) is 22.8 Å². The molecule has 0 aliphatic heterocycles. The van der Waals surface area contributed by atoms with E-state index in [-0.39, 0.29) is 17.9 Å². The molecule has 8 nitrogen and oxygen atoms in total. The maximum absolute atomic E-state index is 12.1. The molecule has 0 atom stereocenters. The molecule has 150 valence electrons. The Hall–Kier alpha value is -3.07. The topological polar surface area (TPSA) is 111 Å². The second kappa shape index (κ2) is 9.75. The third kappa shape index (κ3) is 6.92. The number of hydrogen-bond donors (Lipinski definition) is 2. The smallest absolute Gasteiger partial charge is 0.276 e. The molecule has 0 aromatic heterocycles. The van der Waals surface area contributed by atoms with Gasteiger partial charge in [-0.1, -0.05) is 24.3 Å². The minimum Gasteiger partial charge on any atom is -0.490 e. The Labute approximate surface area is 163 Å². The number of para-hydroxylation sites is 2. The molecule has 0 unspecified atom stereocenters. The van der Waals surface area contributed by atoms with Crippen molar-refractivity contribution in [2.24, 2.45) is 0 Å². The Kier molecular flexibility index (Phi) is 7.39. The minimum absolute atomic E-state index is 0.105. The number of ether oxygens (including phenoxy) is 2. The van der Waals surface area contributed by atoms with Gasteiger partial charge in [-0.15, -0.1) is 0 Å². The van der Waals surface area contributed by atoms with Crippen LogP contribution in [0, 0.1) is 0 Å². The molecule has 0 bridgehead atoms. The zero-order valence-corrected chi connectivity index (χ0v) is 16.4. The van der Waals surface area contributed by atoms with Gasteiger partial charge in [0.1, 0.15) is 0 Å². The number of sulfone groups is 1. The Morgan fingerprint density at radius 2 is 1.54 bits per heavy atom. The first-order chi connectivity index (χ1) is 13.3. The first kappa shape index (κ1) is 21.2. The van der Waals surface area contributed by atoms with Crippen LogP contribution in [0.4, 0.5) is 0 Å². The lowest BCUT2D eigenvalue weighted by Crippen LogP contribution is -2.43. The van der Waals surface area contributed by atoms with E-state index in [9.17, 15) is 18.0 Å². The first-order valence-electron chi connectivity index (χ1n) is 8.49. The van der Waals surface area contributed by atoms with Gasteiger partial charge in [0.05, 0.1) is 12.4 Å². The largest absolute Gasteiger partial charge is 0.490 e. The Morgan fingerprint density at radius 1 is 0.929 bits per heavy atom. The summed E-state index contributed by atoms with van der Waals surface area (Å²) in [5.74, 6) is -0.239. The normalized spacial score (nSPS) is 10.8. The van der Waals surface area contributed by atoms with E-state index in [1.165, 1.54) is 12.1 Å². The molecule has 0 saturated carbocycles. The van der Waals surface area contributed by atoms with E-state index in [4.69, 9.17) is 9.47 Å². The highest BCUT2D eigenvalue weighted by Crippen LogP contribution is 2.26. The molecule has 0 saturated heterocycles. The molecular formula is C19H22N2O6S. The van der Waals surface area contributed by atoms with E-state index in [1.807, 2.05) is 6.92 Å². The highest BCUT2D eigenvalue weighted by atomic mass is 32.2. The highest BCUT2D eigenvalue weighted by molar-refractivity contribution is 7.89. The lowest BCUT2D eigenvalue weighted by atomic mass is 10.1. The van der Waals surface area contributed by atoms with Crippen LogP contribution in [0.3, 0.4) is 0 Å². The minimum atomic E-state index is -3.15. The van der Waals surface area contributed by atoms with E-state index in [0.29, 0.717) is 23.7 Å². The predicted molar refractivity (Wildman–Crippen MR) is 104 cm³/mol. The van der Waals surface area contributed by atoms with Crippen molar-refractivity contribution >= 4 is 21.7 Å². The van der Waals surface area contributed by atoms with Crippen LogP contribution in [0.25, 0.3) is 0 Å². The quantitative estimate of drug-likeness (QED) is 0.643. The third-order valence-electron chi connectivity index (χ3n) is 3.47. The summed E-state index contributed by atoms with van der Waals surface area (Å²) in [6.45, 7) is 2.00. The molecule has 2 N–H and O–H groups in total. The summed E-state index contributed by atoms with van der Waals surface area (Å²) in [4.78, 5) is 23.9. The number of amides is 2. The van der Waals surface area contributed by atoms with Gasteiger partial charge >= 0.3 is 0 Å². The molecule has 28 heavy (non-hydrogen) atoms. The Balaban J connectivity index is 1.83. The summed E-state index contributed by atoms with van der Waals surface area (Å²) >= 11 is 0. The average molecular weight is 406 g/mol. The van der Waals surface area contributed by atoms with Crippen molar-refractivity contribution in [1.29, 1.82) is 0 Å². The lowest BCUT2D eigenvalue weighted by molar-refractivity contribution is -0.123. The Morgan fingerprint density at radius 3 is 2.11 bits per heavy atom. The maximum Gasteiger partial charge on any atom is 0.276 e. The van der Waals surface area contributed by atoms with Crippen LogP contribution in [0.5, 0.6) is 11.5 Å². The maximum atomic E-state index is 12.1. The van der Waals surface area contributed by atoms with Gasteiger partial charge in [0.2, 0.25) is 0 Å². The molecule has 2 rings (SSSR count). The van der Waals surface area contributed by atoms with E-state index < -0.39 is 21.7 Å². The van der Waals surface area contributed by atoms with Crippen LogP contribution in [0.15, 0.2) is 48.5 Å². The number of rotatable bonds is 8. The van der Waals surface area contributed by atoms with E-state index in [2.05, 4.69) is 10.9 Å². The zero-order valence-electron chi connectivity index (χ0n) is 15.6. The van der Waals surface area contributed by atoms with Crippen molar-refractivity contribution in [3.05, 3.63) is 59.7 Å². The molecule has 2 amide bonds. The molecule has 0 aliphatic rings. The first-order valence-corrected chi connectivity index (χ1v) is 10.5. The summed E-state index contributed by atoms with van der Waals surface area (Å²) in [6, 6.07) is 13.0. The van der Waals surface area contributed by atoms with E-state index >= 15 is 0 Å². The molecule has 0 heterocycles. The number of hydrogen-bond acceptors (Lipinski definition) is 6. The van der Waals surface area contributed by atoms with Gasteiger partial charge in [0, 0.05) is 11.8 Å². The van der Waals surface area contributed by atoms with Gasteiger partial charge < -0.3 is 9.47 Å². The summed E-state index contributed by atoms with van der Waals surface area (Å²) in [6.07, 6.45) is 1.14. The fourth-order valence-corrected chi connectivity index (χ4v) is 3.08. The van der Waals surface area contributed by atoms with Crippen LogP contribution in [-0.2, 0) is 20.4 Å². The number of carbonyl (C=O) groups excluding carboxylic acids is 2. The standard InChI is InChI=1S/C19H22N2O6S/c1-3-26-16-6-4-5-7-17(16)27-12-18(22)20-21-19(23)15-10-8-14(9-11-15)13-28(2,24)25/h4-11H,3,12-13H2,1-2H3,(H,20,22)(H,21,23). The molecule has 2 aromatic rings. The van der Waals surface area contributed by atoms with Gasteiger partial charge in [-0.3, -0.25) is 20.4 Å². The second-order valence-electron chi connectivity index (χ2n) is 5.94. The van der Waals surface area contributed by atoms with Crippen LogP contribution < -0.4 is 20.3 Å². The second-order valence-corrected chi connectivity index (χ2v) is 8.08. The molecular weight excluding hydrogens is 384 g/mol. The summed E-state index contributed by atoms with van der Waals surface area (Å²) in [7, 11) is -3.15. The summed E-state index contributed by atoms with van der Waals surface area (Å²) < 4.78 is 33.4. The van der Waals surface area contributed by atoms with Gasteiger partial charge in [-0.2, -0.15) is 0 Å². The lowest BCUT2D eigenvalue weighted by Gasteiger charge is -2.12. The van der Waals surface area contributed by atoms with Crippen molar-refractivity contribution in [1.82, 2.24) is 10.9 Å². The number of benzene rings is 2. The van der Waals surface area contributed by atoms with Crippen molar-refractivity contribution in [2.75, 3.05) is 19.5 Å². The van der Waals surface area contributed by atoms with Crippen molar-refractivity contribution in [3.8, 4) is 11.5 Å². The third-order valence-corrected chi connectivity index (χ3v) is 4.33. The van der Waals surface area contributed by atoms with E-state index in [1.54, 1.807) is 36.4 Å². The molecule has 0 aliphatic carbocycles. The molecule has 0 fully saturated rings. The molecule has 9 heteroatoms. The number of carbonyl (C=O) groups is 2. The molecule has 0 spiro atoms. The van der Waals surface area contributed by atoms with Crippen LogP contribution in [-0.4, -0.2) is 39.7 Å². The number of hydrazine groups is 1.